The van der Waals surface area contributed by atoms with Gasteiger partial charge in [0.15, 0.2) is 0 Å². The summed E-state index contributed by atoms with van der Waals surface area (Å²) in [6, 6.07) is 10.6. The molecule has 0 saturated heterocycles. The fourth-order valence-corrected chi connectivity index (χ4v) is 4.45. The molecule has 0 radical (unpaired) electrons. The standard InChI is InChI=1S/C26H44O2/c1-4-6-8-11-16-23(3)22-26(25(27)28,20-7-5-2)21-15-10-14-19-24-17-12-9-13-18-24/h9,12-13,17-18,23H,4-8,10-11,14-16,19-22H2,1-3H3,(H,27,28). The summed E-state index contributed by atoms with van der Waals surface area (Å²) in [6.45, 7) is 6.67. The first kappa shape index (κ1) is 24.7. The van der Waals surface area contributed by atoms with Crippen LogP contribution in [-0.2, 0) is 11.2 Å². The summed E-state index contributed by atoms with van der Waals surface area (Å²) in [5.41, 5.74) is 0.881. The lowest BCUT2D eigenvalue weighted by Crippen LogP contribution is -2.33. The molecule has 2 unspecified atom stereocenters. The van der Waals surface area contributed by atoms with Crippen molar-refractivity contribution in [3.05, 3.63) is 35.9 Å². The Morgan fingerprint density at radius 1 is 0.893 bits per heavy atom. The molecule has 1 aromatic rings. The van der Waals surface area contributed by atoms with Gasteiger partial charge in [-0.1, -0.05) is 109 Å². The van der Waals surface area contributed by atoms with Crippen LogP contribution in [0.15, 0.2) is 30.3 Å². The van der Waals surface area contributed by atoms with Crippen molar-refractivity contribution in [1.29, 1.82) is 0 Å². The van der Waals surface area contributed by atoms with Gasteiger partial charge in [-0.2, -0.15) is 0 Å². The normalized spacial score (nSPS) is 14.5. The largest absolute Gasteiger partial charge is 0.481 e. The van der Waals surface area contributed by atoms with Gasteiger partial charge in [-0.3, -0.25) is 4.79 Å². The minimum atomic E-state index is -0.551. The van der Waals surface area contributed by atoms with Crippen LogP contribution in [0.2, 0.25) is 0 Å². The van der Waals surface area contributed by atoms with E-state index in [0.29, 0.717) is 5.92 Å². The average molecular weight is 389 g/mol. The Balaban J connectivity index is 2.52. The molecule has 0 aliphatic heterocycles. The van der Waals surface area contributed by atoms with E-state index in [4.69, 9.17) is 0 Å². The topological polar surface area (TPSA) is 37.3 Å². The first-order valence-electron chi connectivity index (χ1n) is 11.8. The molecule has 0 saturated carbocycles. The number of hydrogen-bond donors (Lipinski definition) is 1. The fourth-order valence-electron chi connectivity index (χ4n) is 4.45. The van der Waals surface area contributed by atoms with Crippen LogP contribution in [-0.4, -0.2) is 11.1 Å². The van der Waals surface area contributed by atoms with Crippen molar-refractivity contribution in [2.24, 2.45) is 11.3 Å². The first-order chi connectivity index (χ1) is 13.5. The molecule has 0 bridgehead atoms. The van der Waals surface area contributed by atoms with Gasteiger partial charge in [-0.05, 0) is 43.6 Å². The molecular weight excluding hydrogens is 344 g/mol. The molecule has 1 N–H and O–H groups in total. The van der Waals surface area contributed by atoms with Crippen molar-refractivity contribution < 1.29 is 9.90 Å². The zero-order chi connectivity index (χ0) is 20.7. The molecule has 1 rings (SSSR count). The van der Waals surface area contributed by atoms with Gasteiger partial charge in [0, 0.05) is 0 Å². The number of hydrogen-bond acceptors (Lipinski definition) is 1. The second-order valence-electron chi connectivity index (χ2n) is 8.89. The molecule has 0 aliphatic carbocycles. The number of carboxylic acid groups (broad SMARTS) is 1. The van der Waals surface area contributed by atoms with E-state index in [-0.39, 0.29) is 0 Å². The quantitative estimate of drug-likeness (QED) is 0.274. The van der Waals surface area contributed by atoms with Gasteiger partial charge in [0.1, 0.15) is 0 Å². The van der Waals surface area contributed by atoms with Gasteiger partial charge in [0.05, 0.1) is 5.41 Å². The van der Waals surface area contributed by atoms with Crippen LogP contribution in [0.3, 0.4) is 0 Å². The van der Waals surface area contributed by atoms with Crippen molar-refractivity contribution in [2.75, 3.05) is 0 Å². The van der Waals surface area contributed by atoms with E-state index < -0.39 is 11.4 Å². The van der Waals surface area contributed by atoms with E-state index in [1.807, 2.05) is 0 Å². The Morgan fingerprint density at radius 2 is 1.54 bits per heavy atom. The Bertz CT molecular complexity index is 510. The maximum atomic E-state index is 12.3. The van der Waals surface area contributed by atoms with Gasteiger partial charge in [-0.25, -0.2) is 0 Å². The molecule has 0 heterocycles. The van der Waals surface area contributed by atoms with E-state index >= 15 is 0 Å². The van der Waals surface area contributed by atoms with E-state index in [9.17, 15) is 9.90 Å². The second-order valence-corrected chi connectivity index (χ2v) is 8.89. The van der Waals surface area contributed by atoms with Gasteiger partial charge < -0.3 is 5.11 Å². The van der Waals surface area contributed by atoms with Crippen molar-refractivity contribution in [2.45, 2.75) is 111 Å². The van der Waals surface area contributed by atoms with Crippen LogP contribution in [0.5, 0.6) is 0 Å². The Labute approximate surface area is 174 Å². The van der Waals surface area contributed by atoms with E-state index in [2.05, 4.69) is 51.1 Å². The summed E-state index contributed by atoms with van der Waals surface area (Å²) < 4.78 is 0. The molecular formula is C26H44O2. The fraction of sp³-hybridized carbons (Fsp3) is 0.731. The molecule has 2 nitrogen and oxygen atoms in total. The molecule has 2 heteroatoms. The molecule has 160 valence electrons. The number of aryl methyl sites for hydroxylation is 1. The molecule has 0 aliphatic rings. The molecule has 0 amide bonds. The van der Waals surface area contributed by atoms with Crippen molar-refractivity contribution in [3.63, 3.8) is 0 Å². The minimum absolute atomic E-state index is 0.507. The van der Waals surface area contributed by atoms with E-state index in [0.717, 1.165) is 57.8 Å². The third kappa shape index (κ3) is 9.75. The summed E-state index contributed by atoms with van der Waals surface area (Å²) in [6.07, 6.45) is 15.3. The van der Waals surface area contributed by atoms with Crippen LogP contribution in [0.1, 0.15) is 110 Å². The van der Waals surface area contributed by atoms with E-state index in [1.54, 1.807) is 0 Å². The van der Waals surface area contributed by atoms with Crippen LogP contribution in [0, 0.1) is 11.3 Å². The molecule has 0 fully saturated rings. The maximum absolute atomic E-state index is 12.3. The number of carbonyl (C=O) groups is 1. The first-order valence-corrected chi connectivity index (χ1v) is 11.8. The molecule has 0 aromatic heterocycles. The number of rotatable bonds is 17. The Morgan fingerprint density at radius 3 is 2.18 bits per heavy atom. The Hall–Kier alpha value is -1.31. The van der Waals surface area contributed by atoms with Gasteiger partial charge in [0.25, 0.3) is 0 Å². The van der Waals surface area contributed by atoms with Crippen molar-refractivity contribution >= 4 is 5.97 Å². The second kappa shape index (κ2) is 14.7. The van der Waals surface area contributed by atoms with Gasteiger partial charge >= 0.3 is 5.97 Å². The summed E-state index contributed by atoms with van der Waals surface area (Å²) in [7, 11) is 0. The van der Waals surface area contributed by atoms with Crippen molar-refractivity contribution in [3.8, 4) is 0 Å². The minimum Gasteiger partial charge on any atom is -0.481 e. The summed E-state index contributed by atoms with van der Waals surface area (Å²) in [4.78, 5) is 12.3. The highest BCUT2D eigenvalue weighted by molar-refractivity contribution is 5.74. The van der Waals surface area contributed by atoms with Crippen LogP contribution < -0.4 is 0 Å². The lowest BCUT2D eigenvalue weighted by Gasteiger charge is -2.32. The monoisotopic (exact) mass is 388 g/mol. The third-order valence-electron chi connectivity index (χ3n) is 6.22. The third-order valence-corrected chi connectivity index (χ3v) is 6.22. The zero-order valence-corrected chi connectivity index (χ0v) is 18.7. The highest BCUT2D eigenvalue weighted by Gasteiger charge is 2.38. The highest BCUT2D eigenvalue weighted by Crippen LogP contribution is 2.39. The van der Waals surface area contributed by atoms with Crippen molar-refractivity contribution in [1.82, 2.24) is 0 Å². The SMILES string of the molecule is CCCCCCC(C)CC(CCCC)(CCCCCc1ccccc1)C(=O)O. The zero-order valence-electron chi connectivity index (χ0n) is 18.7. The predicted molar refractivity (Wildman–Crippen MR) is 121 cm³/mol. The lowest BCUT2D eigenvalue weighted by atomic mass is 9.71. The van der Waals surface area contributed by atoms with Gasteiger partial charge in [0.2, 0.25) is 0 Å². The number of carboxylic acids is 1. The number of aliphatic carboxylic acids is 1. The maximum Gasteiger partial charge on any atom is 0.309 e. The molecule has 0 spiro atoms. The lowest BCUT2D eigenvalue weighted by molar-refractivity contribution is -0.151. The molecule has 1 aromatic carbocycles. The predicted octanol–water partition coefficient (Wildman–Crippen LogP) is 8.05. The average Bonchev–Trinajstić information content (AvgIpc) is 2.69. The van der Waals surface area contributed by atoms with Crippen LogP contribution in [0.4, 0.5) is 0 Å². The number of unbranched alkanes of at least 4 members (excludes halogenated alkanes) is 6. The summed E-state index contributed by atoms with van der Waals surface area (Å²) in [5.74, 6) is -0.0430. The van der Waals surface area contributed by atoms with Crippen LogP contribution in [0.25, 0.3) is 0 Å². The molecule has 2 atom stereocenters. The van der Waals surface area contributed by atoms with E-state index in [1.165, 1.54) is 37.7 Å². The highest BCUT2D eigenvalue weighted by atomic mass is 16.4. The Kier molecular flexibility index (Phi) is 12.9. The number of benzene rings is 1. The smallest absolute Gasteiger partial charge is 0.309 e. The summed E-state index contributed by atoms with van der Waals surface area (Å²) >= 11 is 0. The van der Waals surface area contributed by atoms with Gasteiger partial charge in [-0.15, -0.1) is 0 Å². The van der Waals surface area contributed by atoms with Crippen LogP contribution >= 0.6 is 0 Å². The molecule has 28 heavy (non-hydrogen) atoms. The summed E-state index contributed by atoms with van der Waals surface area (Å²) in [5, 5.41) is 10.1.